The van der Waals surface area contributed by atoms with Crippen LogP contribution in [0.1, 0.15) is 49.0 Å². The van der Waals surface area contributed by atoms with Gasteiger partial charge in [-0.3, -0.25) is 4.79 Å². The molecule has 2 N–H and O–H groups in total. The van der Waals surface area contributed by atoms with Crippen molar-refractivity contribution >= 4 is 17.3 Å². The number of halogens is 1. The van der Waals surface area contributed by atoms with E-state index in [1.807, 2.05) is 6.07 Å². The summed E-state index contributed by atoms with van der Waals surface area (Å²) in [6, 6.07) is 9.86. The average molecular weight is 327 g/mol. The Morgan fingerprint density at radius 3 is 2.50 bits per heavy atom. The second kappa shape index (κ2) is 7.90. The number of benzene rings is 1. The number of carbonyl (C=O) groups is 1. The minimum absolute atomic E-state index is 0.311. The zero-order valence-electron chi connectivity index (χ0n) is 13.6. The largest absolute Gasteiger partial charge is 0.381 e. The summed E-state index contributed by atoms with van der Waals surface area (Å²) in [6.45, 7) is 0. The lowest BCUT2D eigenvalue weighted by Crippen LogP contribution is -2.19. The molecular weight excluding hydrogens is 305 g/mol. The van der Waals surface area contributed by atoms with Gasteiger partial charge in [-0.2, -0.15) is 0 Å². The summed E-state index contributed by atoms with van der Waals surface area (Å²) in [5.74, 6) is -0.731. The number of rotatable bonds is 4. The van der Waals surface area contributed by atoms with Crippen molar-refractivity contribution < 1.29 is 9.18 Å². The molecule has 1 aliphatic carbocycles. The molecule has 1 saturated carbocycles. The third kappa shape index (κ3) is 4.54. The van der Waals surface area contributed by atoms with Crippen LogP contribution in [0, 0.1) is 5.82 Å². The number of amides is 1. The van der Waals surface area contributed by atoms with Crippen LogP contribution in [0.3, 0.4) is 0 Å². The molecule has 1 aromatic heterocycles. The fraction of sp³-hybridized carbons (Fsp3) is 0.368. The first-order valence-electron chi connectivity index (χ1n) is 8.50. The lowest BCUT2D eigenvalue weighted by atomic mass is 10.1. The molecule has 24 heavy (non-hydrogen) atoms. The third-order valence-corrected chi connectivity index (χ3v) is 4.30. The summed E-state index contributed by atoms with van der Waals surface area (Å²) < 4.78 is 13.1. The first-order chi connectivity index (χ1) is 11.7. The second-order valence-corrected chi connectivity index (χ2v) is 6.23. The summed E-state index contributed by atoms with van der Waals surface area (Å²) in [5, 5.41) is 6.15. The van der Waals surface area contributed by atoms with E-state index in [-0.39, 0.29) is 11.7 Å². The van der Waals surface area contributed by atoms with E-state index < -0.39 is 0 Å². The van der Waals surface area contributed by atoms with Crippen LogP contribution in [-0.4, -0.2) is 16.9 Å². The maximum atomic E-state index is 13.1. The fourth-order valence-electron chi connectivity index (χ4n) is 3.03. The van der Waals surface area contributed by atoms with Crippen LogP contribution in [0.25, 0.3) is 0 Å². The maximum Gasteiger partial charge on any atom is 0.274 e. The maximum absolute atomic E-state index is 13.1. The van der Waals surface area contributed by atoms with Crippen molar-refractivity contribution in [3.8, 4) is 0 Å². The Morgan fingerprint density at radius 2 is 1.83 bits per heavy atom. The van der Waals surface area contributed by atoms with Crippen LogP contribution in [0.2, 0.25) is 0 Å². The van der Waals surface area contributed by atoms with E-state index in [4.69, 9.17) is 0 Å². The molecule has 0 aliphatic heterocycles. The Labute approximate surface area is 141 Å². The minimum atomic E-state index is -0.385. The van der Waals surface area contributed by atoms with E-state index in [1.165, 1.54) is 50.7 Å². The number of nitrogens with one attached hydrogen (secondary N) is 2. The predicted molar refractivity (Wildman–Crippen MR) is 93.7 cm³/mol. The molecule has 0 saturated heterocycles. The molecular formula is C19H22FN3O. The predicted octanol–water partition coefficient (Wildman–Crippen LogP) is 4.61. The van der Waals surface area contributed by atoms with Gasteiger partial charge >= 0.3 is 0 Å². The smallest absolute Gasteiger partial charge is 0.274 e. The molecule has 1 amide bonds. The number of anilines is 2. The molecule has 0 radical (unpaired) electrons. The molecule has 3 rings (SSSR count). The molecule has 4 nitrogen and oxygen atoms in total. The molecule has 0 unspecified atom stereocenters. The monoisotopic (exact) mass is 327 g/mol. The van der Waals surface area contributed by atoms with Crippen molar-refractivity contribution in [2.24, 2.45) is 0 Å². The van der Waals surface area contributed by atoms with Crippen molar-refractivity contribution in [2.45, 2.75) is 44.6 Å². The van der Waals surface area contributed by atoms with E-state index in [9.17, 15) is 9.18 Å². The second-order valence-electron chi connectivity index (χ2n) is 6.23. The molecule has 0 bridgehead atoms. The number of pyridine rings is 1. The van der Waals surface area contributed by atoms with Gasteiger partial charge < -0.3 is 10.6 Å². The Bertz CT molecular complexity index is 679. The third-order valence-electron chi connectivity index (χ3n) is 4.30. The lowest BCUT2D eigenvalue weighted by Gasteiger charge is -2.17. The fourth-order valence-corrected chi connectivity index (χ4v) is 3.03. The highest BCUT2D eigenvalue weighted by atomic mass is 19.1. The normalized spacial score (nSPS) is 15.5. The van der Waals surface area contributed by atoms with Gasteiger partial charge in [-0.15, -0.1) is 0 Å². The minimum Gasteiger partial charge on any atom is -0.381 e. The van der Waals surface area contributed by atoms with Crippen LogP contribution in [-0.2, 0) is 0 Å². The Hall–Kier alpha value is -2.43. The van der Waals surface area contributed by atoms with Gasteiger partial charge in [-0.1, -0.05) is 31.7 Å². The number of aromatic nitrogens is 1. The van der Waals surface area contributed by atoms with Crippen molar-refractivity contribution in [3.63, 3.8) is 0 Å². The van der Waals surface area contributed by atoms with Crippen molar-refractivity contribution in [1.29, 1.82) is 0 Å². The van der Waals surface area contributed by atoms with Gasteiger partial charge in [-0.05, 0) is 43.2 Å². The molecule has 1 heterocycles. The Morgan fingerprint density at radius 1 is 1.04 bits per heavy atom. The number of carbonyl (C=O) groups excluding carboxylic acids is 1. The number of hydrogen-bond acceptors (Lipinski definition) is 3. The van der Waals surface area contributed by atoms with E-state index in [1.54, 1.807) is 24.4 Å². The quantitative estimate of drug-likeness (QED) is 0.806. The van der Waals surface area contributed by atoms with E-state index in [2.05, 4.69) is 15.6 Å². The van der Waals surface area contributed by atoms with Crippen LogP contribution >= 0.6 is 0 Å². The molecule has 1 aliphatic rings. The van der Waals surface area contributed by atoms with Gasteiger partial charge in [0.25, 0.3) is 5.91 Å². The van der Waals surface area contributed by atoms with Crippen LogP contribution in [0.4, 0.5) is 15.8 Å². The van der Waals surface area contributed by atoms with Crippen molar-refractivity contribution in [3.05, 3.63) is 54.1 Å². The summed E-state index contributed by atoms with van der Waals surface area (Å²) >= 11 is 0. The topological polar surface area (TPSA) is 54.0 Å². The van der Waals surface area contributed by atoms with Crippen molar-refractivity contribution in [2.75, 3.05) is 10.6 Å². The van der Waals surface area contributed by atoms with Gasteiger partial charge in [0.2, 0.25) is 0 Å². The molecule has 126 valence electrons. The summed E-state index contributed by atoms with van der Waals surface area (Å²) in [6.07, 6.45) is 9.21. The van der Waals surface area contributed by atoms with E-state index >= 15 is 0 Å². The highest BCUT2D eigenvalue weighted by molar-refractivity contribution is 6.02. The highest BCUT2D eigenvalue weighted by Crippen LogP contribution is 2.21. The number of nitrogens with zero attached hydrogens (tertiary/aromatic N) is 1. The molecule has 2 aromatic rings. The van der Waals surface area contributed by atoms with Gasteiger partial charge in [0.05, 0.1) is 11.9 Å². The van der Waals surface area contributed by atoms with E-state index in [0.717, 1.165) is 5.69 Å². The molecule has 1 fully saturated rings. The van der Waals surface area contributed by atoms with Crippen molar-refractivity contribution in [1.82, 2.24) is 4.98 Å². The van der Waals surface area contributed by atoms with Gasteiger partial charge in [0.1, 0.15) is 11.5 Å². The first-order valence-corrected chi connectivity index (χ1v) is 8.50. The first kappa shape index (κ1) is 16.4. The summed E-state index contributed by atoms with van der Waals surface area (Å²) in [5.41, 5.74) is 1.66. The Kier molecular flexibility index (Phi) is 5.41. The SMILES string of the molecule is O=C(Nc1cccc(F)c1)c1ccc(NC2CCCCCC2)cn1. The van der Waals surface area contributed by atoms with Crippen LogP contribution < -0.4 is 10.6 Å². The Balaban J connectivity index is 1.60. The van der Waals surface area contributed by atoms with Gasteiger partial charge in [0, 0.05) is 11.7 Å². The molecule has 0 spiro atoms. The average Bonchev–Trinajstić information content (AvgIpc) is 2.84. The van der Waals surface area contributed by atoms with Gasteiger partial charge in [-0.25, -0.2) is 9.37 Å². The van der Waals surface area contributed by atoms with Crippen LogP contribution in [0.15, 0.2) is 42.6 Å². The van der Waals surface area contributed by atoms with Crippen LogP contribution in [0.5, 0.6) is 0 Å². The standard InChI is InChI=1S/C19H22FN3O/c20-14-6-5-9-16(12-14)23-19(24)18-11-10-17(13-21-18)22-15-7-3-1-2-4-8-15/h5-6,9-13,15,22H,1-4,7-8H2,(H,23,24). The zero-order chi connectivity index (χ0) is 16.8. The highest BCUT2D eigenvalue weighted by Gasteiger charge is 2.13. The summed E-state index contributed by atoms with van der Waals surface area (Å²) in [7, 11) is 0. The molecule has 0 atom stereocenters. The number of hydrogen-bond donors (Lipinski definition) is 2. The lowest BCUT2D eigenvalue weighted by molar-refractivity contribution is 0.102. The van der Waals surface area contributed by atoms with E-state index in [0.29, 0.717) is 17.4 Å². The van der Waals surface area contributed by atoms with Gasteiger partial charge in [0.15, 0.2) is 0 Å². The summed E-state index contributed by atoms with van der Waals surface area (Å²) in [4.78, 5) is 16.4. The molecule has 1 aromatic carbocycles. The molecule has 5 heteroatoms. The zero-order valence-corrected chi connectivity index (χ0v) is 13.6.